The highest BCUT2D eigenvalue weighted by Crippen LogP contribution is 2.25. The molecule has 4 heteroatoms. The molecule has 0 spiro atoms. The Bertz CT molecular complexity index is 454. The van der Waals surface area contributed by atoms with Crippen LogP contribution in [-0.2, 0) is 0 Å². The Hall–Kier alpha value is -1.29. The van der Waals surface area contributed by atoms with E-state index in [-0.39, 0.29) is 0 Å². The molecule has 1 aliphatic carbocycles. The summed E-state index contributed by atoms with van der Waals surface area (Å²) in [4.78, 5) is 0. The van der Waals surface area contributed by atoms with Gasteiger partial charge in [-0.1, -0.05) is 31.7 Å². The van der Waals surface area contributed by atoms with Crippen molar-refractivity contribution < 1.29 is 4.74 Å². The lowest BCUT2D eigenvalue weighted by atomic mass is 10.1. The molecule has 0 radical (unpaired) electrons. The van der Waals surface area contributed by atoms with E-state index in [1.54, 1.807) is 7.11 Å². The second kappa shape index (κ2) is 7.48. The van der Waals surface area contributed by atoms with E-state index in [1.165, 1.54) is 44.1 Å². The number of benzene rings is 1. The fourth-order valence-electron chi connectivity index (χ4n) is 2.69. The Morgan fingerprint density at radius 2 is 1.90 bits per heavy atom. The van der Waals surface area contributed by atoms with Gasteiger partial charge in [0.15, 0.2) is 5.11 Å². The molecule has 2 N–H and O–H groups in total. The maximum Gasteiger partial charge on any atom is 0.171 e. The van der Waals surface area contributed by atoms with Crippen molar-refractivity contribution >= 4 is 23.0 Å². The normalized spacial score (nSPS) is 16.3. The molecule has 0 aromatic heterocycles. The van der Waals surface area contributed by atoms with Gasteiger partial charge in [-0.25, -0.2) is 0 Å². The summed E-state index contributed by atoms with van der Waals surface area (Å²) in [5.74, 6) is 0.820. The van der Waals surface area contributed by atoms with Crippen LogP contribution in [0.25, 0.3) is 0 Å². The van der Waals surface area contributed by atoms with Gasteiger partial charge in [-0.3, -0.25) is 0 Å². The summed E-state index contributed by atoms with van der Waals surface area (Å²) >= 11 is 5.43. The van der Waals surface area contributed by atoms with Crippen molar-refractivity contribution in [2.75, 3.05) is 12.4 Å². The van der Waals surface area contributed by atoms with E-state index in [0.717, 1.165) is 11.4 Å². The topological polar surface area (TPSA) is 33.3 Å². The largest absolute Gasteiger partial charge is 0.495 e. The van der Waals surface area contributed by atoms with Gasteiger partial charge in [0, 0.05) is 6.04 Å². The Morgan fingerprint density at radius 3 is 2.55 bits per heavy atom. The second-order valence-corrected chi connectivity index (χ2v) is 5.90. The summed E-state index contributed by atoms with van der Waals surface area (Å²) < 4.78 is 5.36. The molecule has 0 saturated heterocycles. The lowest BCUT2D eigenvalue weighted by Crippen LogP contribution is -2.37. The smallest absolute Gasteiger partial charge is 0.171 e. The number of hydrogen-bond donors (Lipinski definition) is 2. The van der Waals surface area contributed by atoms with Crippen LogP contribution in [0.2, 0.25) is 0 Å². The third-order valence-corrected chi connectivity index (χ3v) is 4.01. The monoisotopic (exact) mass is 292 g/mol. The molecule has 110 valence electrons. The number of hydrogen-bond acceptors (Lipinski definition) is 2. The van der Waals surface area contributed by atoms with Crippen LogP contribution < -0.4 is 15.4 Å². The third kappa shape index (κ3) is 4.37. The number of rotatable bonds is 3. The molecule has 20 heavy (non-hydrogen) atoms. The predicted octanol–water partition coefficient (Wildman–Crippen LogP) is 4.01. The Balaban J connectivity index is 1.95. The van der Waals surface area contributed by atoms with Gasteiger partial charge in [-0.05, 0) is 49.7 Å². The number of methoxy groups -OCH3 is 1. The molecule has 0 bridgehead atoms. The molecule has 1 fully saturated rings. The lowest BCUT2D eigenvalue weighted by Gasteiger charge is -2.20. The molecule has 1 aliphatic rings. The third-order valence-electron chi connectivity index (χ3n) is 3.79. The van der Waals surface area contributed by atoms with E-state index < -0.39 is 0 Å². The summed E-state index contributed by atoms with van der Waals surface area (Å²) in [6.45, 7) is 2.06. The SMILES string of the molecule is COc1ccc(C)cc1NC(=S)NC1CCCCCC1. The van der Waals surface area contributed by atoms with Gasteiger partial charge in [-0.15, -0.1) is 0 Å². The summed E-state index contributed by atoms with van der Waals surface area (Å²) in [6.07, 6.45) is 7.73. The fraction of sp³-hybridized carbons (Fsp3) is 0.562. The average molecular weight is 292 g/mol. The molecule has 0 amide bonds. The molecular weight excluding hydrogens is 268 g/mol. The highest BCUT2D eigenvalue weighted by Gasteiger charge is 2.13. The van der Waals surface area contributed by atoms with Crippen LogP contribution >= 0.6 is 12.2 Å². The Kier molecular flexibility index (Phi) is 5.65. The van der Waals surface area contributed by atoms with Crippen molar-refractivity contribution in [3.63, 3.8) is 0 Å². The summed E-state index contributed by atoms with van der Waals surface area (Å²) in [5, 5.41) is 7.40. The average Bonchev–Trinajstić information content (AvgIpc) is 2.67. The van der Waals surface area contributed by atoms with Crippen molar-refractivity contribution in [3.05, 3.63) is 23.8 Å². The summed E-state index contributed by atoms with van der Waals surface area (Å²) in [7, 11) is 1.68. The van der Waals surface area contributed by atoms with E-state index in [2.05, 4.69) is 23.6 Å². The van der Waals surface area contributed by atoms with Crippen LogP contribution in [0, 0.1) is 6.92 Å². The summed E-state index contributed by atoms with van der Waals surface area (Å²) in [5.41, 5.74) is 2.11. The first kappa shape index (κ1) is 15.1. The van der Waals surface area contributed by atoms with E-state index in [4.69, 9.17) is 17.0 Å². The van der Waals surface area contributed by atoms with Gasteiger partial charge in [-0.2, -0.15) is 0 Å². The zero-order valence-electron chi connectivity index (χ0n) is 12.4. The maximum atomic E-state index is 5.43. The summed E-state index contributed by atoms with van der Waals surface area (Å²) in [6, 6.07) is 6.56. The molecule has 0 heterocycles. The fourth-order valence-corrected chi connectivity index (χ4v) is 2.96. The van der Waals surface area contributed by atoms with Crippen molar-refractivity contribution in [2.24, 2.45) is 0 Å². The molecular formula is C16H24N2OS. The van der Waals surface area contributed by atoms with Crippen LogP contribution in [0.5, 0.6) is 5.75 Å². The first-order valence-corrected chi connectivity index (χ1v) is 7.82. The van der Waals surface area contributed by atoms with Crippen LogP contribution in [0.15, 0.2) is 18.2 Å². The van der Waals surface area contributed by atoms with Gasteiger partial charge in [0.25, 0.3) is 0 Å². The Morgan fingerprint density at radius 1 is 1.20 bits per heavy atom. The molecule has 3 nitrogen and oxygen atoms in total. The Labute approximate surface area is 127 Å². The minimum absolute atomic E-state index is 0.508. The van der Waals surface area contributed by atoms with Gasteiger partial charge in [0.2, 0.25) is 0 Å². The predicted molar refractivity (Wildman–Crippen MR) is 88.6 cm³/mol. The van der Waals surface area contributed by atoms with Crippen molar-refractivity contribution in [2.45, 2.75) is 51.5 Å². The zero-order valence-corrected chi connectivity index (χ0v) is 13.2. The number of nitrogens with one attached hydrogen (secondary N) is 2. The number of ether oxygens (including phenoxy) is 1. The van der Waals surface area contributed by atoms with Crippen LogP contribution in [0.4, 0.5) is 5.69 Å². The minimum atomic E-state index is 0.508. The van der Waals surface area contributed by atoms with Gasteiger partial charge >= 0.3 is 0 Å². The van der Waals surface area contributed by atoms with Gasteiger partial charge < -0.3 is 15.4 Å². The van der Waals surface area contributed by atoms with E-state index in [0.29, 0.717) is 11.2 Å². The molecule has 0 unspecified atom stereocenters. The molecule has 0 atom stereocenters. The molecule has 1 aromatic carbocycles. The van der Waals surface area contributed by atoms with Crippen molar-refractivity contribution in [3.8, 4) is 5.75 Å². The number of aryl methyl sites for hydroxylation is 1. The lowest BCUT2D eigenvalue weighted by molar-refractivity contribution is 0.416. The maximum absolute atomic E-state index is 5.43. The highest BCUT2D eigenvalue weighted by atomic mass is 32.1. The molecule has 2 rings (SSSR count). The highest BCUT2D eigenvalue weighted by molar-refractivity contribution is 7.80. The van der Waals surface area contributed by atoms with Crippen LogP contribution in [-0.4, -0.2) is 18.3 Å². The van der Waals surface area contributed by atoms with Gasteiger partial charge in [0.05, 0.1) is 12.8 Å². The quantitative estimate of drug-likeness (QED) is 0.651. The minimum Gasteiger partial charge on any atom is -0.495 e. The second-order valence-electron chi connectivity index (χ2n) is 5.49. The first-order chi connectivity index (χ1) is 9.69. The number of thiocarbonyl (C=S) groups is 1. The van der Waals surface area contributed by atoms with E-state index in [9.17, 15) is 0 Å². The number of anilines is 1. The molecule has 0 aliphatic heterocycles. The van der Waals surface area contributed by atoms with Crippen molar-refractivity contribution in [1.82, 2.24) is 5.32 Å². The first-order valence-electron chi connectivity index (χ1n) is 7.41. The van der Waals surface area contributed by atoms with Crippen LogP contribution in [0.3, 0.4) is 0 Å². The van der Waals surface area contributed by atoms with Gasteiger partial charge in [0.1, 0.15) is 5.75 Å². The molecule has 1 aromatic rings. The van der Waals surface area contributed by atoms with Crippen molar-refractivity contribution in [1.29, 1.82) is 0 Å². The van der Waals surface area contributed by atoms with E-state index >= 15 is 0 Å². The van der Waals surface area contributed by atoms with E-state index in [1.807, 2.05) is 12.1 Å². The standard InChI is InChI=1S/C16H24N2OS/c1-12-9-10-15(19-2)14(11-12)18-16(20)17-13-7-5-3-4-6-8-13/h9-11,13H,3-8H2,1-2H3,(H2,17,18,20). The van der Waals surface area contributed by atoms with Crippen LogP contribution in [0.1, 0.15) is 44.1 Å². The zero-order chi connectivity index (χ0) is 14.4. The molecule has 1 saturated carbocycles.